The second kappa shape index (κ2) is 8.84. The molecule has 2 aromatic carbocycles. The Bertz CT molecular complexity index is 1210. The van der Waals surface area contributed by atoms with E-state index < -0.39 is 17.7 Å². The standard InChI is InChI=1S/C24H19BrN2O5/c1-31-18-8-3-15(13-19(18)32-2)22(28)20-21(14-9-11-26-12-10-14)27(24(30)23(20)29)17-6-4-16(25)5-7-17/h3-13,21,28H,1-2H3/b22-20-. The number of rotatable bonds is 5. The first-order chi connectivity index (χ1) is 15.5. The van der Waals surface area contributed by atoms with Gasteiger partial charge in [0, 0.05) is 28.1 Å². The number of amides is 1. The molecule has 1 unspecified atom stereocenters. The van der Waals surface area contributed by atoms with Crippen molar-refractivity contribution in [2.75, 3.05) is 19.1 Å². The van der Waals surface area contributed by atoms with Gasteiger partial charge in [0.05, 0.1) is 25.8 Å². The number of aromatic nitrogens is 1. The van der Waals surface area contributed by atoms with Crippen LogP contribution in [0.2, 0.25) is 0 Å². The Morgan fingerprint density at radius 3 is 2.25 bits per heavy atom. The third-order valence-electron chi connectivity index (χ3n) is 5.23. The number of Topliss-reactive ketones (excluding diaryl/α,β-unsaturated/α-hetero) is 1. The molecule has 2 heterocycles. The number of aliphatic hydroxyl groups excluding tert-OH is 1. The number of hydrogen-bond acceptors (Lipinski definition) is 6. The van der Waals surface area contributed by atoms with E-state index in [0.29, 0.717) is 28.3 Å². The van der Waals surface area contributed by atoms with Crippen LogP contribution in [0.5, 0.6) is 11.5 Å². The van der Waals surface area contributed by atoms with Crippen LogP contribution < -0.4 is 14.4 Å². The van der Waals surface area contributed by atoms with Crippen LogP contribution in [-0.2, 0) is 9.59 Å². The molecule has 0 spiro atoms. The monoisotopic (exact) mass is 494 g/mol. The zero-order valence-electron chi connectivity index (χ0n) is 17.3. The van der Waals surface area contributed by atoms with Crippen LogP contribution in [0.1, 0.15) is 17.2 Å². The van der Waals surface area contributed by atoms with E-state index in [1.807, 2.05) is 0 Å². The minimum absolute atomic E-state index is 0.0173. The summed E-state index contributed by atoms with van der Waals surface area (Å²) in [6.07, 6.45) is 3.15. The highest BCUT2D eigenvalue weighted by Gasteiger charge is 2.47. The van der Waals surface area contributed by atoms with Gasteiger partial charge in [0.25, 0.3) is 11.7 Å². The van der Waals surface area contributed by atoms with Crippen molar-refractivity contribution in [1.82, 2.24) is 4.98 Å². The number of carbonyl (C=O) groups excluding carboxylic acids is 2. The summed E-state index contributed by atoms with van der Waals surface area (Å²) in [4.78, 5) is 31.7. The number of methoxy groups -OCH3 is 2. The first-order valence-electron chi connectivity index (χ1n) is 9.65. The van der Waals surface area contributed by atoms with Gasteiger partial charge in [-0.25, -0.2) is 0 Å². The SMILES string of the molecule is COc1ccc(/C(O)=C2/C(=O)C(=O)N(c3ccc(Br)cc3)C2c2ccncc2)cc1OC. The van der Waals surface area contributed by atoms with Crippen molar-refractivity contribution in [2.24, 2.45) is 0 Å². The summed E-state index contributed by atoms with van der Waals surface area (Å²) in [6, 6.07) is 14.4. The van der Waals surface area contributed by atoms with Crippen LogP contribution in [0, 0.1) is 0 Å². The number of ketones is 1. The molecule has 7 nitrogen and oxygen atoms in total. The Balaban J connectivity index is 1.92. The second-order valence-electron chi connectivity index (χ2n) is 7.00. The molecule has 0 saturated carbocycles. The van der Waals surface area contributed by atoms with Crippen LogP contribution >= 0.6 is 15.9 Å². The van der Waals surface area contributed by atoms with Crippen LogP contribution in [0.15, 0.2) is 77.0 Å². The molecule has 8 heteroatoms. The molecule has 162 valence electrons. The van der Waals surface area contributed by atoms with E-state index in [0.717, 1.165) is 4.47 Å². The average Bonchev–Trinajstić information content (AvgIpc) is 3.09. The van der Waals surface area contributed by atoms with Gasteiger partial charge in [0.15, 0.2) is 11.5 Å². The van der Waals surface area contributed by atoms with Crippen LogP contribution in [-0.4, -0.2) is 36.0 Å². The third-order valence-corrected chi connectivity index (χ3v) is 5.76. The molecule has 1 aromatic heterocycles. The molecular weight excluding hydrogens is 476 g/mol. The second-order valence-corrected chi connectivity index (χ2v) is 7.91. The van der Waals surface area contributed by atoms with Gasteiger partial charge in [0.1, 0.15) is 5.76 Å². The molecule has 0 aliphatic carbocycles. The van der Waals surface area contributed by atoms with E-state index in [9.17, 15) is 14.7 Å². The van der Waals surface area contributed by atoms with E-state index in [1.54, 1.807) is 67.0 Å². The summed E-state index contributed by atoms with van der Waals surface area (Å²) in [5.41, 5.74) is 1.49. The summed E-state index contributed by atoms with van der Waals surface area (Å²) in [6.45, 7) is 0. The number of carbonyl (C=O) groups is 2. The van der Waals surface area contributed by atoms with Crippen LogP contribution in [0.3, 0.4) is 0 Å². The zero-order chi connectivity index (χ0) is 22.8. The Morgan fingerprint density at radius 1 is 0.969 bits per heavy atom. The molecular formula is C24H19BrN2O5. The van der Waals surface area contributed by atoms with Crippen LogP contribution in [0.25, 0.3) is 5.76 Å². The average molecular weight is 495 g/mol. The number of anilines is 1. The van der Waals surface area contributed by atoms with Crippen molar-refractivity contribution < 1.29 is 24.2 Å². The molecule has 3 aromatic rings. The van der Waals surface area contributed by atoms with E-state index in [-0.39, 0.29) is 11.3 Å². The molecule has 1 aliphatic rings. The largest absolute Gasteiger partial charge is 0.507 e. The summed E-state index contributed by atoms with van der Waals surface area (Å²) in [7, 11) is 2.98. The van der Waals surface area contributed by atoms with Gasteiger partial charge >= 0.3 is 0 Å². The lowest BCUT2D eigenvalue weighted by molar-refractivity contribution is -0.132. The minimum Gasteiger partial charge on any atom is -0.507 e. The molecule has 1 N–H and O–H groups in total. The van der Waals surface area contributed by atoms with Crippen molar-refractivity contribution in [3.05, 3.63) is 88.2 Å². The van der Waals surface area contributed by atoms with Crippen molar-refractivity contribution in [2.45, 2.75) is 6.04 Å². The molecule has 0 bridgehead atoms. The summed E-state index contributed by atoms with van der Waals surface area (Å²) < 4.78 is 11.4. The van der Waals surface area contributed by atoms with Gasteiger partial charge in [-0.3, -0.25) is 19.5 Å². The quantitative estimate of drug-likeness (QED) is 0.319. The molecule has 1 aliphatic heterocycles. The Kier molecular flexibility index (Phi) is 5.96. The van der Waals surface area contributed by atoms with Gasteiger partial charge in [-0.2, -0.15) is 0 Å². The van der Waals surface area contributed by atoms with E-state index in [4.69, 9.17) is 9.47 Å². The lowest BCUT2D eigenvalue weighted by Gasteiger charge is -2.25. The smallest absolute Gasteiger partial charge is 0.300 e. The fraction of sp³-hybridized carbons (Fsp3) is 0.125. The zero-order valence-corrected chi connectivity index (χ0v) is 18.9. The number of benzene rings is 2. The Hall–Kier alpha value is -3.65. The van der Waals surface area contributed by atoms with E-state index in [1.165, 1.54) is 19.1 Å². The molecule has 1 atom stereocenters. The number of pyridine rings is 1. The van der Waals surface area contributed by atoms with E-state index in [2.05, 4.69) is 20.9 Å². The van der Waals surface area contributed by atoms with Crippen molar-refractivity contribution in [1.29, 1.82) is 0 Å². The number of halogens is 1. The molecule has 32 heavy (non-hydrogen) atoms. The molecule has 0 radical (unpaired) electrons. The predicted octanol–water partition coefficient (Wildman–Crippen LogP) is 4.49. The number of nitrogens with zero attached hydrogens (tertiary/aromatic N) is 2. The van der Waals surface area contributed by atoms with Crippen molar-refractivity contribution in [3.8, 4) is 11.5 Å². The maximum absolute atomic E-state index is 13.1. The summed E-state index contributed by atoms with van der Waals surface area (Å²) >= 11 is 3.38. The van der Waals surface area contributed by atoms with Crippen LogP contribution in [0.4, 0.5) is 5.69 Å². The molecule has 4 rings (SSSR count). The Morgan fingerprint density at radius 2 is 1.62 bits per heavy atom. The predicted molar refractivity (Wildman–Crippen MR) is 123 cm³/mol. The van der Waals surface area contributed by atoms with Crippen molar-refractivity contribution in [3.63, 3.8) is 0 Å². The van der Waals surface area contributed by atoms with Gasteiger partial charge in [-0.05, 0) is 60.2 Å². The number of hydrogen-bond donors (Lipinski definition) is 1. The minimum atomic E-state index is -0.827. The molecule has 1 fully saturated rings. The van der Waals surface area contributed by atoms with Gasteiger partial charge in [0.2, 0.25) is 0 Å². The van der Waals surface area contributed by atoms with E-state index >= 15 is 0 Å². The number of aliphatic hydroxyl groups is 1. The maximum atomic E-state index is 13.1. The lowest BCUT2D eigenvalue weighted by atomic mass is 9.95. The summed E-state index contributed by atoms with van der Waals surface area (Å²) in [5.74, 6) is -0.937. The lowest BCUT2D eigenvalue weighted by Crippen LogP contribution is -2.29. The third kappa shape index (κ3) is 3.73. The first-order valence-corrected chi connectivity index (χ1v) is 10.4. The number of ether oxygens (including phenoxy) is 2. The maximum Gasteiger partial charge on any atom is 0.300 e. The van der Waals surface area contributed by atoms with Gasteiger partial charge < -0.3 is 14.6 Å². The first kappa shape index (κ1) is 21.6. The Labute approximate surface area is 193 Å². The molecule has 1 saturated heterocycles. The summed E-state index contributed by atoms with van der Waals surface area (Å²) in [5, 5.41) is 11.2. The highest BCUT2D eigenvalue weighted by molar-refractivity contribution is 9.10. The fourth-order valence-corrected chi connectivity index (χ4v) is 3.97. The van der Waals surface area contributed by atoms with Gasteiger partial charge in [-0.1, -0.05) is 15.9 Å². The van der Waals surface area contributed by atoms with Crippen molar-refractivity contribution >= 4 is 39.1 Å². The highest BCUT2D eigenvalue weighted by atomic mass is 79.9. The van der Waals surface area contributed by atoms with Gasteiger partial charge in [-0.15, -0.1) is 0 Å². The molecule has 1 amide bonds. The fourth-order valence-electron chi connectivity index (χ4n) is 3.70. The highest BCUT2D eigenvalue weighted by Crippen LogP contribution is 2.43. The topological polar surface area (TPSA) is 89.0 Å². The normalized spacial score (nSPS) is 17.5.